The number of sulfonamides is 1. The van der Waals surface area contributed by atoms with E-state index < -0.39 is 10.0 Å². The van der Waals surface area contributed by atoms with E-state index in [0.717, 1.165) is 19.3 Å². The highest BCUT2D eigenvalue weighted by molar-refractivity contribution is 7.89. The molecule has 1 aromatic rings. The molecule has 6 nitrogen and oxygen atoms in total. The minimum atomic E-state index is -3.55. The predicted octanol–water partition coefficient (Wildman–Crippen LogP) is 0.932. The van der Waals surface area contributed by atoms with Crippen LogP contribution in [0, 0.1) is 0 Å². The van der Waals surface area contributed by atoms with Crippen LogP contribution in [-0.2, 0) is 14.8 Å². The zero-order valence-electron chi connectivity index (χ0n) is 10.3. The monoisotopic (exact) mass is 271 g/mol. The maximum Gasteiger partial charge on any atom is 0.260 e. The molecule has 1 N–H and O–H groups in total. The van der Waals surface area contributed by atoms with E-state index in [0.29, 0.717) is 6.54 Å². The number of rotatable bonds is 4. The highest BCUT2D eigenvalue weighted by Crippen LogP contribution is 2.26. The number of aromatic nitrogens is 2. The number of piperidine rings is 1. The normalized spacial score (nSPS) is 21.9. The van der Waals surface area contributed by atoms with Crippen LogP contribution in [-0.4, -0.2) is 41.3 Å². The quantitative estimate of drug-likeness (QED) is 0.883. The van der Waals surface area contributed by atoms with Gasteiger partial charge in [-0.1, -0.05) is 6.42 Å². The lowest BCUT2D eigenvalue weighted by atomic mass is 10.0. The van der Waals surface area contributed by atoms with E-state index in [1.54, 1.807) is 0 Å². The van der Waals surface area contributed by atoms with Gasteiger partial charge in [0.1, 0.15) is 5.78 Å². The summed E-state index contributed by atoms with van der Waals surface area (Å²) in [5, 5.41) is 6.25. The minimum Gasteiger partial charge on any atom is -0.300 e. The van der Waals surface area contributed by atoms with Crippen molar-refractivity contribution in [1.82, 2.24) is 14.5 Å². The lowest BCUT2D eigenvalue weighted by Crippen LogP contribution is -2.44. The molecule has 0 aromatic carbocycles. The van der Waals surface area contributed by atoms with Gasteiger partial charge < -0.3 is 0 Å². The highest BCUT2D eigenvalue weighted by Gasteiger charge is 2.34. The number of nitrogens with one attached hydrogen (secondary N) is 1. The molecule has 1 aromatic heterocycles. The predicted molar refractivity (Wildman–Crippen MR) is 65.4 cm³/mol. The Morgan fingerprint density at radius 3 is 2.94 bits per heavy atom. The number of carbonyl (C=O) groups excluding carboxylic acids is 1. The maximum absolute atomic E-state index is 12.4. The van der Waals surface area contributed by atoms with Gasteiger partial charge in [0.05, 0.1) is 6.20 Å². The minimum absolute atomic E-state index is 0.0201. The Balaban J connectivity index is 2.26. The summed E-state index contributed by atoms with van der Waals surface area (Å²) >= 11 is 0. The Hall–Kier alpha value is -1.21. The number of carbonyl (C=O) groups is 1. The molecule has 1 unspecified atom stereocenters. The first-order chi connectivity index (χ1) is 8.51. The largest absolute Gasteiger partial charge is 0.300 e. The van der Waals surface area contributed by atoms with Crippen LogP contribution in [0.4, 0.5) is 0 Å². The van der Waals surface area contributed by atoms with Gasteiger partial charge in [-0.2, -0.15) is 9.40 Å². The van der Waals surface area contributed by atoms with Crippen LogP contribution in [0.5, 0.6) is 0 Å². The molecule has 0 amide bonds. The van der Waals surface area contributed by atoms with Gasteiger partial charge in [-0.05, 0) is 25.8 Å². The first kappa shape index (κ1) is 13.2. The molecule has 1 aliphatic heterocycles. The van der Waals surface area contributed by atoms with Gasteiger partial charge in [-0.25, -0.2) is 8.42 Å². The number of nitrogens with zero attached hydrogens (tertiary/aromatic N) is 2. The molecule has 0 spiro atoms. The molecule has 18 heavy (non-hydrogen) atoms. The second-order valence-corrected chi connectivity index (χ2v) is 6.45. The number of hydrogen-bond donors (Lipinski definition) is 1. The van der Waals surface area contributed by atoms with Crippen molar-refractivity contribution in [3.8, 4) is 0 Å². The van der Waals surface area contributed by atoms with Crippen molar-refractivity contribution in [3.05, 3.63) is 12.3 Å². The highest BCUT2D eigenvalue weighted by atomic mass is 32.2. The molecule has 2 rings (SSSR count). The third-order valence-electron chi connectivity index (χ3n) is 3.16. The second-order valence-electron chi connectivity index (χ2n) is 4.59. The third kappa shape index (κ3) is 2.62. The molecule has 0 radical (unpaired) electrons. The Kier molecular flexibility index (Phi) is 3.82. The van der Waals surface area contributed by atoms with Crippen LogP contribution in [0.2, 0.25) is 0 Å². The van der Waals surface area contributed by atoms with E-state index in [1.807, 2.05) is 0 Å². The lowest BCUT2D eigenvalue weighted by molar-refractivity contribution is -0.118. The standard InChI is InChI=1S/C11H17N3O3S/c1-9(15)8-10-4-2-3-7-14(10)18(16,17)11-5-6-12-13-11/h5-6,10H,2-4,7-8H2,1H3,(H,12,13). The van der Waals surface area contributed by atoms with Crippen molar-refractivity contribution in [2.45, 2.75) is 43.7 Å². The van der Waals surface area contributed by atoms with Crippen molar-refractivity contribution in [2.24, 2.45) is 0 Å². The van der Waals surface area contributed by atoms with Crippen molar-refractivity contribution in [1.29, 1.82) is 0 Å². The van der Waals surface area contributed by atoms with Crippen molar-refractivity contribution < 1.29 is 13.2 Å². The summed E-state index contributed by atoms with van der Waals surface area (Å²) in [5.74, 6) is 0.0201. The molecule has 2 heterocycles. The summed E-state index contributed by atoms with van der Waals surface area (Å²) in [4.78, 5) is 11.2. The zero-order chi connectivity index (χ0) is 13.2. The van der Waals surface area contributed by atoms with Crippen molar-refractivity contribution in [3.63, 3.8) is 0 Å². The molecule has 0 aliphatic carbocycles. The van der Waals surface area contributed by atoms with Crippen LogP contribution < -0.4 is 0 Å². The van der Waals surface area contributed by atoms with Crippen LogP contribution >= 0.6 is 0 Å². The Labute approximate surface area is 106 Å². The molecule has 0 saturated carbocycles. The molecule has 0 bridgehead atoms. The van der Waals surface area contributed by atoms with Gasteiger partial charge in [0.15, 0.2) is 5.03 Å². The van der Waals surface area contributed by atoms with E-state index in [-0.39, 0.29) is 23.3 Å². The molecule has 1 saturated heterocycles. The fourth-order valence-corrected chi connectivity index (χ4v) is 3.93. The second kappa shape index (κ2) is 5.19. The number of aromatic amines is 1. The first-order valence-corrected chi connectivity index (χ1v) is 7.46. The van der Waals surface area contributed by atoms with E-state index in [2.05, 4.69) is 10.2 Å². The fraction of sp³-hybridized carbons (Fsp3) is 0.636. The van der Waals surface area contributed by atoms with Crippen molar-refractivity contribution in [2.75, 3.05) is 6.54 Å². The SMILES string of the molecule is CC(=O)CC1CCCCN1S(=O)(=O)c1ccn[nH]1. The summed E-state index contributed by atoms with van der Waals surface area (Å²) in [6.07, 6.45) is 4.24. The average Bonchev–Trinajstić information content (AvgIpc) is 2.82. The summed E-state index contributed by atoms with van der Waals surface area (Å²) in [7, 11) is -3.55. The summed E-state index contributed by atoms with van der Waals surface area (Å²) in [6.45, 7) is 1.97. The van der Waals surface area contributed by atoms with Crippen LogP contribution in [0.1, 0.15) is 32.6 Å². The third-order valence-corrected chi connectivity index (χ3v) is 5.04. The van der Waals surface area contributed by atoms with Gasteiger partial charge in [0.25, 0.3) is 10.0 Å². The molecule has 100 valence electrons. The molecular formula is C11H17N3O3S. The van der Waals surface area contributed by atoms with E-state index in [9.17, 15) is 13.2 Å². The van der Waals surface area contributed by atoms with E-state index in [4.69, 9.17) is 0 Å². The van der Waals surface area contributed by atoms with Gasteiger partial charge in [-0.15, -0.1) is 0 Å². The van der Waals surface area contributed by atoms with Crippen LogP contribution in [0.3, 0.4) is 0 Å². The van der Waals surface area contributed by atoms with Gasteiger partial charge in [0, 0.05) is 19.0 Å². The maximum atomic E-state index is 12.4. The zero-order valence-corrected chi connectivity index (χ0v) is 11.1. The topological polar surface area (TPSA) is 83.1 Å². The average molecular weight is 271 g/mol. The molecule has 1 fully saturated rings. The summed E-state index contributed by atoms with van der Waals surface area (Å²) in [6, 6.07) is 1.22. The molecule has 7 heteroatoms. The Bertz CT molecular complexity index is 510. The Morgan fingerprint density at radius 1 is 1.56 bits per heavy atom. The van der Waals surface area contributed by atoms with Crippen LogP contribution in [0.15, 0.2) is 17.3 Å². The number of H-pyrrole nitrogens is 1. The van der Waals surface area contributed by atoms with Gasteiger partial charge in [-0.3, -0.25) is 9.89 Å². The molecular weight excluding hydrogens is 254 g/mol. The smallest absolute Gasteiger partial charge is 0.260 e. The number of hydrogen-bond acceptors (Lipinski definition) is 4. The van der Waals surface area contributed by atoms with Crippen LogP contribution in [0.25, 0.3) is 0 Å². The van der Waals surface area contributed by atoms with Gasteiger partial charge >= 0.3 is 0 Å². The van der Waals surface area contributed by atoms with E-state index in [1.165, 1.54) is 23.5 Å². The lowest BCUT2D eigenvalue weighted by Gasteiger charge is -2.33. The number of ketones is 1. The molecule has 1 atom stereocenters. The summed E-state index contributed by atoms with van der Waals surface area (Å²) in [5.41, 5.74) is 0. The van der Waals surface area contributed by atoms with E-state index >= 15 is 0 Å². The Morgan fingerprint density at radius 2 is 2.33 bits per heavy atom. The van der Waals surface area contributed by atoms with Crippen molar-refractivity contribution >= 4 is 15.8 Å². The fourth-order valence-electron chi connectivity index (χ4n) is 2.34. The summed E-state index contributed by atoms with van der Waals surface area (Å²) < 4.78 is 26.2. The first-order valence-electron chi connectivity index (χ1n) is 6.02. The van der Waals surface area contributed by atoms with Gasteiger partial charge in [0.2, 0.25) is 0 Å². The molecule has 1 aliphatic rings. The number of Topliss-reactive ketones (excluding diaryl/α,β-unsaturated/α-hetero) is 1.